The maximum atomic E-state index is 12.1. The summed E-state index contributed by atoms with van der Waals surface area (Å²) in [7, 11) is 3.00. The Kier molecular flexibility index (Phi) is 5.58. The van der Waals surface area contributed by atoms with Gasteiger partial charge >= 0.3 is 6.03 Å². The number of carbonyl (C=O) groups is 1. The summed E-state index contributed by atoms with van der Waals surface area (Å²) in [6.07, 6.45) is 0.658. The highest BCUT2D eigenvalue weighted by Crippen LogP contribution is 2.36. The summed E-state index contributed by atoms with van der Waals surface area (Å²) in [5, 5.41) is 5.93. The molecule has 1 aliphatic heterocycles. The Morgan fingerprint density at radius 3 is 2.65 bits per heavy atom. The number of rotatable bonds is 6. The van der Waals surface area contributed by atoms with Gasteiger partial charge in [-0.1, -0.05) is 17.7 Å². The maximum absolute atomic E-state index is 12.1. The number of anilines is 1. The highest BCUT2D eigenvalue weighted by molar-refractivity contribution is 6.32. The molecule has 0 fully saturated rings. The minimum atomic E-state index is -0.353. The Hall–Kier alpha value is -2.80. The quantitative estimate of drug-likeness (QED) is 0.805. The van der Waals surface area contributed by atoms with Gasteiger partial charge in [0.1, 0.15) is 11.5 Å². The van der Waals surface area contributed by atoms with Crippen molar-refractivity contribution in [2.75, 3.05) is 32.9 Å². The summed E-state index contributed by atoms with van der Waals surface area (Å²) in [6.45, 7) is 0.699. The van der Waals surface area contributed by atoms with Gasteiger partial charge in [0.25, 0.3) is 0 Å². The first-order valence-electron chi connectivity index (χ1n) is 7.95. The van der Waals surface area contributed by atoms with Crippen molar-refractivity contribution in [1.82, 2.24) is 5.32 Å². The monoisotopic (exact) mass is 378 g/mol. The summed E-state index contributed by atoms with van der Waals surface area (Å²) >= 11 is 6.06. The predicted octanol–water partition coefficient (Wildman–Crippen LogP) is 3.45. The molecule has 0 aliphatic carbocycles. The third-order valence-corrected chi connectivity index (χ3v) is 4.15. The second-order valence-electron chi connectivity index (χ2n) is 5.51. The molecule has 0 spiro atoms. The molecule has 0 bridgehead atoms. The maximum Gasteiger partial charge on any atom is 0.319 e. The number of hydrogen-bond acceptors (Lipinski definition) is 5. The molecule has 0 aromatic heterocycles. The van der Waals surface area contributed by atoms with E-state index in [1.54, 1.807) is 12.1 Å². The second-order valence-corrected chi connectivity index (χ2v) is 5.91. The van der Waals surface area contributed by atoms with Crippen LogP contribution in [0.3, 0.4) is 0 Å². The Labute approximate surface area is 156 Å². The van der Waals surface area contributed by atoms with E-state index in [1.807, 2.05) is 18.2 Å². The average molecular weight is 379 g/mol. The van der Waals surface area contributed by atoms with Crippen molar-refractivity contribution in [3.63, 3.8) is 0 Å². The van der Waals surface area contributed by atoms with Crippen LogP contribution in [0, 0.1) is 0 Å². The second kappa shape index (κ2) is 8.05. The lowest BCUT2D eigenvalue weighted by atomic mass is 10.1. The van der Waals surface area contributed by atoms with Gasteiger partial charge in [0, 0.05) is 18.7 Å². The van der Waals surface area contributed by atoms with Crippen molar-refractivity contribution in [2.24, 2.45) is 0 Å². The first-order chi connectivity index (χ1) is 12.6. The van der Waals surface area contributed by atoms with E-state index in [9.17, 15) is 4.79 Å². The van der Waals surface area contributed by atoms with Crippen molar-refractivity contribution < 1.29 is 23.7 Å². The van der Waals surface area contributed by atoms with Gasteiger partial charge in [0.15, 0.2) is 11.5 Å². The van der Waals surface area contributed by atoms with Gasteiger partial charge in [0.2, 0.25) is 6.79 Å². The Balaban J connectivity index is 1.56. The fourth-order valence-corrected chi connectivity index (χ4v) is 2.77. The van der Waals surface area contributed by atoms with E-state index in [2.05, 4.69) is 10.6 Å². The smallest absolute Gasteiger partial charge is 0.319 e. The van der Waals surface area contributed by atoms with Crippen LogP contribution in [0.4, 0.5) is 10.5 Å². The minimum Gasteiger partial charge on any atom is -0.495 e. The number of hydrogen-bond donors (Lipinski definition) is 2. The zero-order valence-electron chi connectivity index (χ0n) is 14.4. The van der Waals surface area contributed by atoms with E-state index in [1.165, 1.54) is 14.2 Å². The van der Waals surface area contributed by atoms with Crippen molar-refractivity contribution in [3.8, 4) is 23.0 Å². The number of carbonyl (C=O) groups excluding carboxylic acids is 1. The summed E-state index contributed by atoms with van der Waals surface area (Å²) in [5.41, 5.74) is 1.51. The van der Waals surface area contributed by atoms with E-state index in [-0.39, 0.29) is 12.8 Å². The van der Waals surface area contributed by atoms with Crippen LogP contribution in [0.15, 0.2) is 30.3 Å². The number of benzene rings is 2. The van der Waals surface area contributed by atoms with Gasteiger partial charge < -0.3 is 29.6 Å². The fraction of sp³-hybridized carbons (Fsp3) is 0.278. The molecule has 7 nitrogen and oxygen atoms in total. The number of methoxy groups -OCH3 is 2. The largest absolute Gasteiger partial charge is 0.495 e. The van der Waals surface area contributed by atoms with Gasteiger partial charge in [-0.3, -0.25) is 0 Å². The third kappa shape index (κ3) is 4.05. The summed E-state index contributed by atoms with van der Waals surface area (Å²) in [5.74, 6) is 2.36. The van der Waals surface area contributed by atoms with Gasteiger partial charge in [-0.25, -0.2) is 4.79 Å². The molecule has 2 aromatic rings. The molecular weight excluding hydrogens is 360 g/mol. The molecule has 1 heterocycles. The van der Waals surface area contributed by atoms with E-state index in [0.717, 1.165) is 17.1 Å². The molecular formula is C18H19ClN2O5. The molecule has 2 N–H and O–H groups in total. The Morgan fingerprint density at radius 1 is 1.12 bits per heavy atom. The zero-order chi connectivity index (χ0) is 18.5. The van der Waals surface area contributed by atoms with Crippen molar-refractivity contribution in [1.29, 1.82) is 0 Å². The number of nitrogens with one attached hydrogen (secondary N) is 2. The average Bonchev–Trinajstić information content (AvgIpc) is 3.10. The summed E-state index contributed by atoms with van der Waals surface area (Å²) < 4.78 is 21.0. The topological polar surface area (TPSA) is 78.1 Å². The Bertz CT molecular complexity index is 812. The molecule has 26 heavy (non-hydrogen) atoms. The van der Waals surface area contributed by atoms with Crippen molar-refractivity contribution in [3.05, 3.63) is 40.9 Å². The highest BCUT2D eigenvalue weighted by Gasteiger charge is 2.14. The fourth-order valence-electron chi connectivity index (χ4n) is 2.54. The lowest BCUT2D eigenvalue weighted by molar-refractivity contribution is 0.174. The molecule has 1 aliphatic rings. The summed E-state index contributed by atoms with van der Waals surface area (Å²) in [6, 6.07) is 8.56. The number of amides is 2. The standard InChI is InChI=1S/C18H19ClN2O5/c1-23-15-9-13(16(24-2)8-12(15)19)21-18(22)20-6-5-11-3-4-14-17(7-11)26-10-25-14/h3-4,7-9H,5-6,10H2,1-2H3,(H2,20,21,22). The molecule has 0 saturated carbocycles. The zero-order valence-corrected chi connectivity index (χ0v) is 15.2. The Morgan fingerprint density at radius 2 is 1.88 bits per heavy atom. The van der Waals surface area contributed by atoms with Crippen LogP contribution in [0.2, 0.25) is 5.02 Å². The first kappa shape index (κ1) is 18.0. The molecule has 0 saturated heterocycles. The van der Waals surface area contributed by atoms with Gasteiger partial charge in [0.05, 0.1) is 24.9 Å². The van der Waals surface area contributed by atoms with E-state index < -0.39 is 0 Å². The van der Waals surface area contributed by atoms with E-state index >= 15 is 0 Å². The molecule has 138 valence electrons. The van der Waals surface area contributed by atoms with Crippen LogP contribution in [-0.4, -0.2) is 33.6 Å². The number of ether oxygens (including phenoxy) is 4. The van der Waals surface area contributed by atoms with Crippen molar-refractivity contribution in [2.45, 2.75) is 6.42 Å². The number of fused-ring (bicyclic) bond motifs is 1. The molecule has 0 atom stereocenters. The van der Waals surface area contributed by atoms with Gasteiger partial charge in [-0.05, 0) is 24.1 Å². The summed E-state index contributed by atoms with van der Waals surface area (Å²) in [4.78, 5) is 12.1. The van der Waals surface area contributed by atoms with Crippen LogP contribution in [0.1, 0.15) is 5.56 Å². The van der Waals surface area contributed by atoms with Crippen LogP contribution in [0.5, 0.6) is 23.0 Å². The van der Waals surface area contributed by atoms with E-state index in [4.69, 9.17) is 30.5 Å². The highest BCUT2D eigenvalue weighted by atomic mass is 35.5. The van der Waals surface area contributed by atoms with Crippen molar-refractivity contribution >= 4 is 23.3 Å². The number of urea groups is 1. The van der Waals surface area contributed by atoms with Crippen LogP contribution in [0.25, 0.3) is 0 Å². The lowest BCUT2D eigenvalue weighted by Gasteiger charge is -2.13. The molecule has 3 rings (SSSR count). The molecule has 2 aromatic carbocycles. The molecule has 0 unspecified atom stereocenters. The van der Waals surface area contributed by atoms with Crippen LogP contribution >= 0.6 is 11.6 Å². The molecule has 2 amide bonds. The van der Waals surface area contributed by atoms with Gasteiger partial charge in [-0.2, -0.15) is 0 Å². The molecule has 0 radical (unpaired) electrons. The van der Waals surface area contributed by atoms with E-state index in [0.29, 0.717) is 35.2 Å². The minimum absolute atomic E-state index is 0.242. The predicted molar refractivity (Wildman–Crippen MR) is 97.8 cm³/mol. The van der Waals surface area contributed by atoms with Gasteiger partial charge in [-0.15, -0.1) is 0 Å². The normalized spacial score (nSPS) is 11.8. The SMILES string of the molecule is COc1cc(NC(=O)NCCc2ccc3c(c2)OCO3)c(OC)cc1Cl. The molecule has 8 heteroatoms. The first-order valence-corrected chi connectivity index (χ1v) is 8.33. The van der Waals surface area contributed by atoms with Crippen LogP contribution < -0.4 is 29.6 Å². The van der Waals surface area contributed by atoms with Crippen LogP contribution in [-0.2, 0) is 6.42 Å². The number of halogens is 1. The lowest BCUT2D eigenvalue weighted by Crippen LogP contribution is -2.30. The third-order valence-electron chi connectivity index (χ3n) is 3.86.